The average Bonchev–Trinajstić information content (AvgIpc) is 2.21. The van der Waals surface area contributed by atoms with Crippen LogP contribution < -0.4 is 0 Å². The molecule has 0 atom stereocenters. The highest BCUT2D eigenvalue weighted by atomic mass is 14.6. The maximum Gasteiger partial charge on any atom is -0.0380 e. The molecule has 4 saturated carbocycles. The lowest BCUT2D eigenvalue weighted by Crippen LogP contribution is -1.95. The van der Waals surface area contributed by atoms with E-state index in [4.69, 9.17) is 0 Å². The first-order chi connectivity index (χ1) is 3.93. The molecule has 4 bridgehead atoms. The van der Waals surface area contributed by atoms with Crippen LogP contribution in [0.25, 0.3) is 0 Å². The molecule has 0 saturated heterocycles. The lowest BCUT2D eigenvalue weighted by atomic mass is 10.0. The van der Waals surface area contributed by atoms with Crippen molar-refractivity contribution in [2.75, 3.05) is 0 Å². The third-order valence-corrected chi connectivity index (χ3v) is 3.76. The smallest absolute Gasteiger partial charge is 0.0380 e. The Morgan fingerprint density at radius 3 is 0.875 bits per heavy atom. The Hall–Kier alpha value is 0. The molecule has 0 spiro atoms. The van der Waals surface area contributed by atoms with Gasteiger partial charge >= 0.3 is 0 Å². The zero-order valence-corrected chi connectivity index (χ0v) is 5.14. The molecule has 0 heterocycles. The van der Waals surface area contributed by atoms with Gasteiger partial charge in [-0.3, -0.25) is 0 Å². The van der Waals surface area contributed by atoms with Crippen molar-refractivity contribution in [3.8, 4) is 0 Å². The van der Waals surface area contributed by atoms with Gasteiger partial charge in [-0.15, -0.1) is 0 Å². The summed E-state index contributed by atoms with van der Waals surface area (Å²) in [5, 5.41) is 0. The van der Waals surface area contributed by atoms with Crippen molar-refractivity contribution in [3.05, 3.63) is 0 Å². The third kappa shape index (κ3) is 0.260. The average molecular weight is 108 g/mol. The molecule has 0 N–H and O–H groups in total. The van der Waals surface area contributed by atoms with Crippen LogP contribution in [0.2, 0.25) is 0 Å². The van der Waals surface area contributed by atoms with Crippen molar-refractivity contribution in [1.29, 1.82) is 0 Å². The van der Waals surface area contributed by atoms with Gasteiger partial charge in [0.05, 0.1) is 0 Å². The molecular weight excluding hydrogens is 96.1 g/mol. The van der Waals surface area contributed by atoms with Crippen molar-refractivity contribution in [2.24, 2.45) is 23.7 Å². The van der Waals surface area contributed by atoms with Gasteiger partial charge < -0.3 is 0 Å². The maximum atomic E-state index is 1.62. The SMILES string of the molecule is C1C2CC3CC2CC13. The van der Waals surface area contributed by atoms with Crippen LogP contribution in [0.5, 0.6) is 0 Å². The second kappa shape index (κ2) is 0.984. The van der Waals surface area contributed by atoms with Crippen LogP contribution in [0.4, 0.5) is 0 Å². The van der Waals surface area contributed by atoms with Gasteiger partial charge in [-0.2, -0.15) is 0 Å². The Morgan fingerprint density at radius 1 is 0.500 bits per heavy atom. The molecule has 0 heteroatoms. The molecule has 0 aromatic carbocycles. The van der Waals surface area contributed by atoms with Gasteiger partial charge in [0.15, 0.2) is 0 Å². The fraction of sp³-hybridized carbons (Fsp3) is 1.00. The minimum absolute atomic E-state index is 1.21. The lowest BCUT2D eigenvalue weighted by molar-refractivity contribution is 0.457. The summed E-state index contributed by atoms with van der Waals surface area (Å²) in [5.74, 6) is 4.85. The van der Waals surface area contributed by atoms with Crippen LogP contribution in [-0.4, -0.2) is 0 Å². The predicted molar refractivity (Wildman–Crippen MR) is 32.4 cm³/mol. The second-order valence-corrected chi connectivity index (χ2v) is 3.98. The molecule has 0 aromatic heterocycles. The van der Waals surface area contributed by atoms with Crippen molar-refractivity contribution in [3.63, 3.8) is 0 Å². The summed E-state index contributed by atoms with van der Waals surface area (Å²) in [6, 6.07) is 0. The van der Waals surface area contributed by atoms with Crippen LogP contribution in [0, 0.1) is 23.7 Å². The molecular formula is C8H12. The third-order valence-electron chi connectivity index (χ3n) is 3.76. The molecule has 4 aliphatic carbocycles. The monoisotopic (exact) mass is 108 g/mol. The Balaban J connectivity index is 2.13. The van der Waals surface area contributed by atoms with E-state index >= 15 is 0 Å². The maximum absolute atomic E-state index is 1.62. The van der Waals surface area contributed by atoms with Crippen molar-refractivity contribution < 1.29 is 0 Å². The Bertz CT molecular complexity index is 88.0. The summed E-state index contributed by atoms with van der Waals surface area (Å²) in [5.41, 5.74) is 0. The van der Waals surface area contributed by atoms with Crippen molar-refractivity contribution in [2.45, 2.75) is 25.7 Å². The molecule has 4 fully saturated rings. The summed E-state index contributed by atoms with van der Waals surface area (Å²) in [6.07, 6.45) is 6.48. The van der Waals surface area contributed by atoms with Crippen LogP contribution in [-0.2, 0) is 0 Å². The minimum Gasteiger partial charge on any atom is -0.0470 e. The molecule has 0 unspecified atom stereocenters. The van der Waals surface area contributed by atoms with Gasteiger partial charge in [0.1, 0.15) is 0 Å². The summed E-state index contributed by atoms with van der Waals surface area (Å²) < 4.78 is 0. The van der Waals surface area contributed by atoms with E-state index < -0.39 is 0 Å². The van der Waals surface area contributed by atoms with Crippen LogP contribution in [0.15, 0.2) is 0 Å². The predicted octanol–water partition coefficient (Wildman–Crippen LogP) is 2.05. The van der Waals surface area contributed by atoms with Crippen molar-refractivity contribution >= 4 is 0 Å². The molecule has 4 rings (SSSR count). The number of rotatable bonds is 0. The Kier molecular flexibility index (Phi) is 0.482. The molecule has 4 aliphatic rings. The van der Waals surface area contributed by atoms with Gasteiger partial charge in [0, 0.05) is 0 Å². The highest BCUT2D eigenvalue weighted by molar-refractivity contribution is 5.03. The molecule has 0 aliphatic heterocycles. The summed E-state index contributed by atoms with van der Waals surface area (Å²) in [7, 11) is 0. The van der Waals surface area contributed by atoms with E-state index in [1.54, 1.807) is 25.7 Å². The fourth-order valence-corrected chi connectivity index (χ4v) is 3.48. The van der Waals surface area contributed by atoms with E-state index in [1.165, 1.54) is 23.7 Å². The summed E-state index contributed by atoms with van der Waals surface area (Å²) >= 11 is 0. The fourth-order valence-electron chi connectivity index (χ4n) is 3.48. The standard InChI is InChI=1S/C8H12/c1-5-2-7-4-8(5)3-6(1)7/h5-8H,1-4H2. The van der Waals surface area contributed by atoms with Crippen LogP contribution in [0.1, 0.15) is 25.7 Å². The quantitative estimate of drug-likeness (QED) is 0.445. The lowest BCUT2D eigenvalue weighted by Gasteiger charge is -2.04. The topological polar surface area (TPSA) is 0 Å². The first kappa shape index (κ1) is 3.92. The van der Waals surface area contributed by atoms with Gasteiger partial charge in [-0.1, -0.05) is 0 Å². The molecule has 44 valence electrons. The second-order valence-electron chi connectivity index (χ2n) is 3.98. The Labute approximate surface area is 50.3 Å². The van der Waals surface area contributed by atoms with Gasteiger partial charge in [0.2, 0.25) is 0 Å². The van der Waals surface area contributed by atoms with Gasteiger partial charge in [-0.25, -0.2) is 0 Å². The molecule has 0 aromatic rings. The van der Waals surface area contributed by atoms with Gasteiger partial charge in [-0.05, 0) is 49.4 Å². The minimum atomic E-state index is 1.21. The first-order valence-electron chi connectivity index (χ1n) is 3.93. The molecule has 0 amide bonds. The largest absolute Gasteiger partial charge is 0.0470 e. The zero-order valence-electron chi connectivity index (χ0n) is 5.14. The van der Waals surface area contributed by atoms with E-state index in [9.17, 15) is 0 Å². The van der Waals surface area contributed by atoms with E-state index in [2.05, 4.69) is 0 Å². The number of hydrogen-bond donors (Lipinski definition) is 0. The normalized spacial score (nSPS) is 66.0. The first-order valence-corrected chi connectivity index (χ1v) is 3.93. The van der Waals surface area contributed by atoms with Gasteiger partial charge in [0.25, 0.3) is 0 Å². The molecule has 8 heavy (non-hydrogen) atoms. The summed E-state index contributed by atoms with van der Waals surface area (Å²) in [4.78, 5) is 0. The van der Waals surface area contributed by atoms with E-state index in [1.807, 2.05) is 0 Å². The molecule has 0 radical (unpaired) electrons. The van der Waals surface area contributed by atoms with E-state index in [-0.39, 0.29) is 0 Å². The number of hydrogen-bond acceptors (Lipinski definition) is 0. The highest BCUT2D eigenvalue weighted by Crippen LogP contribution is 2.62. The van der Waals surface area contributed by atoms with E-state index in [0.717, 1.165) is 0 Å². The molecule has 0 nitrogen and oxygen atoms in total. The Morgan fingerprint density at radius 2 is 0.750 bits per heavy atom. The summed E-state index contributed by atoms with van der Waals surface area (Å²) in [6.45, 7) is 0. The van der Waals surface area contributed by atoms with Crippen molar-refractivity contribution in [1.82, 2.24) is 0 Å². The van der Waals surface area contributed by atoms with Crippen LogP contribution in [0.3, 0.4) is 0 Å². The van der Waals surface area contributed by atoms with Crippen LogP contribution >= 0.6 is 0 Å². The highest BCUT2D eigenvalue weighted by Gasteiger charge is 2.52. The zero-order chi connectivity index (χ0) is 5.14. The van der Waals surface area contributed by atoms with E-state index in [0.29, 0.717) is 0 Å².